The number of rotatable bonds is 0. The fraction of sp³-hybridized carbons (Fsp3) is 0.875. The van der Waals surface area contributed by atoms with Gasteiger partial charge in [0.25, 0.3) is 0 Å². The van der Waals surface area contributed by atoms with Crippen molar-refractivity contribution in [1.29, 1.82) is 0 Å². The Bertz CT molecular complexity index is 167. The second-order valence-electron chi connectivity index (χ2n) is 3.84. The first-order valence-electron chi connectivity index (χ1n) is 3.90. The van der Waals surface area contributed by atoms with E-state index in [2.05, 4.69) is 0 Å². The average Bonchev–Trinajstić information content (AvgIpc) is 2.46. The third-order valence-electron chi connectivity index (χ3n) is 3.59. The van der Waals surface area contributed by atoms with E-state index in [9.17, 15) is 4.79 Å². The lowest BCUT2D eigenvalue weighted by Crippen LogP contribution is -2.11. The lowest BCUT2D eigenvalue weighted by Gasteiger charge is -2.04. The van der Waals surface area contributed by atoms with Crippen molar-refractivity contribution in [1.82, 2.24) is 0 Å². The molecule has 0 spiro atoms. The van der Waals surface area contributed by atoms with Crippen LogP contribution < -0.4 is 0 Å². The Morgan fingerprint density at radius 2 is 1.56 bits per heavy atom. The highest BCUT2D eigenvalue weighted by atomic mass is 16.1. The summed E-state index contributed by atoms with van der Waals surface area (Å²) in [5.74, 6) is 3.39. The van der Waals surface area contributed by atoms with Gasteiger partial charge in [0.2, 0.25) is 0 Å². The topological polar surface area (TPSA) is 17.1 Å². The normalized spacial score (nSPS) is 60.2. The quantitative estimate of drug-likeness (QED) is 0.472. The van der Waals surface area contributed by atoms with E-state index in [0.717, 1.165) is 11.8 Å². The maximum Gasteiger partial charge on any atom is 0.139 e. The van der Waals surface area contributed by atoms with Crippen LogP contribution in [0.25, 0.3) is 0 Å². The molecule has 0 unspecified atom stereocenters. The van der Waals surface area contributed by atoms with Gasteiger partial charge in [-0.2, -0.15) is 0 Å². The molecule has 0 aromatic carbocycles. The minimum absolute atomic E-state index is 0.542. The molecule has 4 rings (SSSR count). The van der Waals surface area contributed by atoms with Crippen LogP contribution >= 0.6 is 0 Å². The van der Waals surface area contributed by atoms with Crippen molar-refractivity contribution in [2.24, 2.45) is 23.7 Å². The number of Topliss-reactive ketones (excluding diaryl/α,β-unsaturated/α-hetero) is 1. The summed E-state index contributed by atoms with van der Waals surface area (Å²) in [5, 5.41) is 0. The Morgan fingerprint density at radius 3 is 1.78 bits per heavy atom. The van der Waals surface area contributed by atoms with Crippen LogP contribution in [0.5, 0.6) is 0 Å². The summed E-state index contributed by atoms with van der Waals surface area (Å²) < 4.78 is 0. The Hall–Kier alpha value is -0.330. The molecule has 4 aliphatic rings. The zero-order valence-electron chi connectivity index (χ0n) is 5.34. The number of carbonyl (C=O) groups excluding carboxylic acids is 1. The van der Waals surface area contributed by atoms with Crippen molar-refractivity contribution in [2.75, 3.05) is 0 Å². The zero-order valence-corrected chi connectivity index (χ0v) is 5.34. The second-order valence-corrected chi connectivity index (χ2v) is 3.84. The fourth-order valence-corrected chi connectivity index (χ4v) is 3.25. The monoisotopic (exact) mass is 122 g/mol. The van der Waals surface area contributed by atoms with Crippen LogP contribution in [-0.2, 0) is 4.79 Å². The van der Waals surface area contributed by atoms with Gasteiger partial charge < -0.3 is 0 Å². The molecule has 4 bridgehead atoms. The van der Waals surface area contributed by atoms with Gasteiger partial charge in [-0.3, -0.25) is 4.79 Å². The third kappa shape index (κ3) is 0.322. The van der Waals surface area contributed by atoms with Crippen LogP contribution in [0.15, 0.2) is 0 Å². The number of ketones is 1. The van der Waals surface area contributed by atoms with E-state index >= 15 is 0 Å². The lowest BCUT2D eigenvalue weighted by atomic mass is 10.00. The molecule has 0 aliphatic heterocycles. The van der Waals surface area contributed by atoms with Crippen LogP contribution in [0.4, 0.5) is 0 Å². The number of hydrogen-bond acceptors (Lipinski definition) is 1. The van der Waals surface area contributed by atoms with Gasteiger partial charge in [-0.05, 0) is 31.1 Å². The maximum absolute atomic E-state index is 11.2. The maximum atomic E-state index is 11.2. The van der Waals surface area contributed by atoms with Gasteiger partial charge in [0.15, 0.2) is 0 Å². The first-order valence-corrected chi connectivity index (χ1v) is 3.90. The molecular weight excluding hydrogens is 112 g/mol. The molecule has 0 heterocycles. The van der Waals surface area contributed by atoms with Crippen LogP contribution in [0.2, 0.25) is 0 Å². The summed E-state index contributed by atoms with van der Waals surface area (Å²) >= 11 is 0. The number of carbonyl (C=O) groups is 1. The minimum Gasteiger partial charge on any atom is -0.299 e. The molecule has 1 heteroatoms. The Kier molecular flexibility index (Phi) is 0.544. The van der Waals surface area contributed by atoms with Gasteiger partial charge in [0.1, 0.15) is 5.78 Å². The molecule has 4 atom stereocenters. The van der Waals surface area contributed by atoms with Crippen molar-refractivity contribution in [3.63, 3.8) is 0 Å². The molecule has 0 amide bonds. The van der Waals surface area contributed by atoms with Crippen molar-refractivity contribution < 1.29 is 4.79 Å². The van der Waals surface area contributed by atoms with E-state index in [1.54, 1.807) is 0 Å². The van der Waals surface area contributed by atoms with Crippen molar-refractivity contribution in [2.45, 2.75) is 19.3 Å². The molecule has 0 radical (unpaired) electrons. The Labute approximate surface area is 54.4 Å². The van der Waals surface area contributed by atoms with E-state index in [4.69, 9.17) is 0 Å². The molecule has 4 fully saturated rings. The van der Waals surface area contributed by atoms with E-state index in [1.165, 1.54) is 19.3 Å². The van der Waals surface area contributed by atoms with Gasteiger partial charge >= 0.3 is 0 Å². The Morgan fingerprint density at radius 1 is 1.00 bits per heavy atom. The van der Waals surface area contributed by atoms with Crippen LogP contribution in [-0.4, -0.2) is 5.78 Å². The van der Waals surface area contributed by atoms with Crippen LogP contribution in [0.1, 0.15) is 19.3 Å². The van der Waals surface area contributed by atoms with Crippen molar-refractivity contribution in [3.05, 3.63) is 0 Å². The lowest BCUT2D eigenvalue weighted by molar-refractivity contribution is -0.122. The second kappa shape index (κ2) is 1.09. The first-order chi connectivity index (χ1) is 4.36. The van der Waals surface area contributed by atoms with Gasteiger partial charge in [0.05, 0.1) is 0 Å². The summed E-state index contributed by atoms with van der Waals surface area (Å²) in [6, 6.07) is 0. The largest absolute Gasteiger partial charge is 0.299 e. The smallest absolute Gasteiger partial charge is 0.139 e. The van der Waals surface area contributed by atoms with E-state index < -0.39 is 0 Å². The van der Waals surface area contributed by atoms with E-state index in [1.807, 2.05) is 0 Å². The minimum atomic E-state index is 0.542. The number of hydrogen-bond donors (Lipinski definition) is 0. The standard InChI is InChI=1S/C8H10O/c9-8-6-2-4-1-5(6)3-7(4)8/h4-7H,1-3H2/t4-,5-,6-,7-/m1/s1. The molecule has 0 saturated heterocycles. The van der Waals surface area contributed by atoms with Crippen molar-refractivity contribution in [3.8, 4) is 0 Å². The molecule has 0 N–H and O–H groups in total. The van der Waals surface area contributed by atoms with Crippen LogP contribution in [0.3, 0.4) is 0 Å². The predicted octanol–water partition coefficient (Wildman–Crippen LogP) is 1.23. The fourth-order valence-electron chi connectivity index (χ4n) is 3.25. The predicted molar refractivity (Wildman–Crippen MR) is 32.8 cm³/mol. The van der Waals surface area contributed by atoms with Gasteiger partial charge in [0, 0.05) is 11.8 Å². The zero-order chi connectivity index (χ0) is 6.01. The molecule has 0 aromatic heterocycles. The molecular formula is C8H10O. The van der Waals surface area contributed by atoms with Gasteiger partial charge in [-0.25, -0.2) is 0 Å². The molecule has 48 valence electrons. The highest BCUT2D eigenvalue weighted by molar-refractivity contribution is 5.89. The van der Waals surface area contributed by atoms with Crippen molar-refractivity contribution >= 4 is 5.78 Å². The van der Waals surface area contributed by atoms with Gasteiger partial charge in [-0.15, -0.1) is 0 Å². The summed E-state index contributed by atoms with van der Waals surface area (Å²) in [6.07, 6.45) is 3.91. The molecule has 4 aliphatic carbocycles. The highest BCUT2D eigenvalue weighted by Crippen LogP contribution is 2.60. The molecule has 0 aromatic rings. The molecule has 1 nitrogen and oxygen atoms in total. The summed E-state index contributed by atoms with van der Waals surface area (Å²) in [6.45, 7) is 0. The Balaban J connectivity index is 2.17. The van der Waals surface area contributed by atoms with E-state index in [0.29, 0.717) is 17.6 Å². The average molecular weight is 122 g/mol. The van der Waals surface area contributed by atoms with Gasteiger partial charge in [-0.1, -0.05) is 0 Å². The third-order valence-corrected chi connectivity index (χ3v) is 3.59. The SMILES string of the molecule is O=C1[C@@H]2C[C@H]3C[C@@H]2C[C@@H]13. The highest BCUT2D eigenvalue weighted by Gasteiger charge is 2.59. The summed E-state index contributed by atoms with van der Waals surface area (Å²) in [5.41, 5.74) is 0. The first kappa shape index (κ1) is 4.48. The molecule has 4 saturated carbocycles. The summed E-state index contributed by atoms with van der Waals surface area (Å²) in [4.78, 5) is 11.2. The molecule has 9 heavy (non-hydrogen) atoms. The van der Waals surface area contributed by atoms with E-state index in [-0.39, 0.29) is 0 Å². The van der Waals surface area contributed by atoms with Crippen LogP contribution in [0, 0.1) is 23.7 Å². The summed E-state index contributed by atoms with van der Waals surface area (Å²) in [7, 11) is 0.